The summed E-state index contributed by atoms with van der Waals surface area (Å²) in [5.74, 6) is 1.09. The molecule has 2 rings (SSSR count). The molecule has 1 aliphatic rings. The zero-order valence-corrected chi connectivity index (χ0v) is 13.1. The maximum absolute atomic E-state index is 12.6. The lowest BCUT2D eigenvalue weighted by Gasteiger charge is -2.29. The van der Waals surface area contributed by atoms with Gasteiger partial charge in [0.1, 0.15) is 0 Å². The molecule has 0 spiro atoms. The molecule has 1 saturated heterocycles. The van der Waals surface area contributed by atoms with Crippen LogP contribution in [-0.2, 0) is 6.54 Å². The molecular formula is C16H24F2N2O2. The molecule has 0 atom stereocenters. The highest BCUT2D eigenvalue weighted by Crippen LogP contribution is 2.32. The lowest BCUT2D eigenvalue weighted by atomic mass is 9.97. The third-order valence-electron chi connectivity index (χ3n) is 4.07. The Hall–Kier alpha value is -1.40. The average molecular weight is 314 g/mol. The topological polar surface area (TPSA) is 33.7 Å². The third-order valence-corrected chi connectivity index (χ3v) is 4.07. The van der Waals surface area contributed by atoms with E-state index in [1.165, 1.54) is 20.0 Å². The minimum Gasteiger partial charge on any atom is -0.493 e. The first-order chi connectivity index (χ1) is 10.6. The Labute approximate surface area is 130 Å². The molecule has 1 aliphatic heterocycles. The van der Waals surface area contributed by atoms with Crippen LogP contribution in [0, 0.1) is 5.92 Å². The van der Waals surface area contributed by atoms with Crippen molar-refractivity contribution in [2.24, 2.45) is 5.92 Å². The summed E-state index contributed by atoms with van der Waals surface area (Å²) in [6.45, 7) is 0.755. The highest BCUT2D eigenvalue weighted by molar-refractivity contribution is 5.46. The molecule has 124 valence electrons. The minimum absolute atomic E-state index is 0.121. The standard InChI is InChI=1S/C16H24F2N2O2/c1-20-8-6-12(7-9-20)10-19-11-13-4-3-5-14(21-2)15(13)22-16(17)18/h3-5,12,16,19H,6-11H2,1-2H3. The van der Waals surface area contributed by atoms with E-state index < -0.39 is 6.61 Å². The fraction of sp³-hybridized carbons (Fsp3) is 0.625. The second-order valence-electron chi connectivity index (χ2n) is 5.70. The lowest BCUT2D eigenvalue weighted by molar-refractivity contribution is -0.0518. The number of alkyl halides is 2. The number of hydrogen-bond acceptors (Lipinski definition) is 4. The summed E-state index contributed by atoms with van der Waals surface area (Å²) < 4.78 is 34.8. The highest BCUT2D eigenvalue weighted by Gasteiger charge is 2.18. The van der Waals surface area contributed by atoms with Crippen molar-refractivity contribution in [3.05, 3.63) is 23.8 Å². The van der Waals surface area contributed by atoms with Gasteiger partial charge in [0.25, 0.3) is 0 Å². The summed E-state index contributed by atoms with van der Waals surface area (Å²) in [7, 11) is 3.58. The number of ether oxygens (including phenoxy) is 2. The summed E-state index contributed by atoms with van der Waals surface area (Å²) >= 11 is 0. The number of piperidine rings is 1. The van der Waals surface area contributed by atoms with Crippen LogP contribution in [-0.4, -0.2) is 45.3 Å². The number of nitrogens with one attached hydrogen (secondary N) is 1. The molecule has 0 radical (unpaired) electrons. The Morgan fingerprint density at radius 3 is 2.68 bits per heavy atom. The summed E-state index contributed by atoms with van der Waals surface area (Å²) in [4.78, 5) is 2.33. The van der Waals surface area contributed by atoms with Crippen LogP contribution in [0.25, 0.3) is 0 Å². The molecular weight excluding hydrogens is 290 g/mol. The van der Waals surface area contributed by atoms with Crippen LogP contribution in [0.2, 0.25) is 0 Å². The van der Waals surface area contributed by atoms with Gasteiger partial charge in [-0.3, -0.25) is 0 Å². The summed E-state index contributed by atoms with van der Waals surface area (Å²) in [5.41, 5.74) is 0.688. The molecule has 0 aromatic heterocycles. The predicted octanol–water partition coefficient (Wildman–Crippen LogP) is 2.73. The van der Waals surface area contributed by atoms with Crippen LogP contribution >= 0.6 is 0 Å². The summed E-state index contributed by atoms with van der Waals surface area (Å²) in [5, 5.41) is 3.35. The van der Waals surface area contributed by atoms with Crippen molar-refractivity contribution < 1.29 is 18.3 Å². The molecule has 6 heteroatoms. The first-order valence-corrected chi connectivity index (χ1v) is 7.60. The fourth-order valence-corrected chi connectivity index (χ4v) is 2.76. The van der Waals surface area contributed by atoms with Crippen LogP contribution in [0.3, 0.4) is 0 Å². The molecule has 1 N–H and O–H groups in total. The monoisotopic (exact) mass is 314 g/mol. The van der Waals surface area contributed by atoms with Gasteiger partial charge in [0.05, 0.1) is 7.11 Å². The van der Waals surface area contributed by atoms with Crippen LogP contribution in [0.4, 0.5) is 8.78 Å². The van der Waals surface area contributed by atoms with E-state index >= 15 is 0 Å². The van der Waals surface area contributed by atoms with E-state index in [2.05, 4.69) is 22.0 Å². The van der Waals surface area contributed by atoms with E-state index in [9.17, 15) is 8.78 Å². The number of benzene rings is 1. The summed E-state index contributed by atoms with van der Waals surface area (Å²) in [6, 6.07) is 5.18. The van der Waals surface area contributed by atoms with Gasteiger partial charge in [0.2, 0.25) is 0 Å². The van der Waals surface area contributed by atoms with Gasteiger partial charge in [0, 0.05) is 12.1 Å². The van der Waals surface area contributed by atoms with Crippen molar-refractivity contribution in [1.82, 2.24) is 10.2 Å². The third kappa shape index (κ3) is 4.81. The van der Waals surface area contributed by atoms with E-state index in [0.29, 0.717) is 23.8 Å². The zero-order chi connectivity index (χ0) is 15.9. The molecule has 1 aromatic rings. The maximum atomic E-state index is 12.6. The van der Waals surface area contributed by atoms with Crippen LogP contribution in [0.1, 0.15) is 18.4 Å². The summed E-state index contributed by atoms with van der Waals surface area (Å²) in [6.07, 6.45) is 2.34. The largest absolute Gasteiger partial charge is 0.493 e. The van der Waals surface area contributed by atoms with Gasteiger partial charge in [-0.25, -0.2) is 0 Å². The van der Waals surface area contributed by atoms with Crippen LogP contribution < -0.4 is 14.8 Å². The number of halogens is 2. The van der Waals surface area contributed by atoms with E-state index in [4.69, 9.17) is 4.74 Å². The fourth-order valence-electron chi connectivity index (χ4n) is 2.76. The van der Waals surface area contributed by atoms with Crippen molar-refractivity contribution >= 4 is 0 Å². The smallest absolute Gasteiger partial charge is 0.387 e. The number of hydrogen-bond donors (Lipinski definition) is 1. The molecule has 0 unspecified atom stereocenters. The van der Waals surface area contributed by atoms with Crippen molar-refractivity contribution in [3.63, 3.8) is 0 Å². The molecule has 1 fully saturated rings. The van der Waals surface area contributed by atoms with Gasteiger partial charge in [-0.05, 0) is 51.5 Å². The van der Waals surface area contributed by atoms with Crippen molar-refractivity contribution in [3.8, 4) is 11.5 Å². The van der Waals surface area contributed by atoms with Crippen LogP contribution in [0.5, 0.6) is 11.5 Å². The molecule has 22 heavy (non-hydrogen) atoms. The first-order valence-electron chi connectivity index (χ1n) is 7.60. The number of para-hydroxylation sites is 1. The van der Waals surface area contributed by atoms with Gasteiger partial charge < -0.3 is 19.7 Å². The molecule has 0 saturated carbocycles. The number of likely N-dealkylation sites (tertiary alicyclic amines) is 1. The van der Waals surface area contributed by atoms with E-state index in [1.54, 1.807) is 18.2 Å². The highest BCUT2D eigenvalue weighted by atomic mass is 19.3. The quantitative estimate of drug-likeness (QED) is 0.839. The molecule has 0 aliphatic carbocycles. The van der Waals surface area contributed by atoms with Gasteiger partial charge in [-0.1, -0.05) is 12.1 Å². The van der Waals surface area contributed by atoms with E-state index in [1.807, 2.05) is 0 Å². The first kappa shape index (κ1) is 17.0. The normalized spacial score (nSPS) is 17.0. The number of nitrogens with zero attached hydrogens (tertiary/aromatic N) is 1. The van der Waals surface area contributed by atoms with E-state index in [0.717, 1.165) is 19.6 Å². The Morgan fingerprint density at radius 1 is 1.32 bits per heavy atom. The Kier molecular flexibility index (Phi) is 6.39. The molecule has 1 aromatic carbocycles. The Bertz CT molecular complexity index is 463. The minimum atomic E-state index is -2.86. The van der Waals surface area contributed by atoms with Gasteiger partial charge in [-0.2, -0.15) is 8.78 Å². The second-order valence-corrected chi connectivity index (χ2v) is 5.70. The lowest BCUT2D eigenvalue weighted by Crippen LogP contribution is -2.34. The predicted molar refractivity (Wildman–Crippen MR) is 81.6 cm³/mol. The molecule has 1 heterocycles. The van der Waals surface area contributed by atoms with Crippen molar-refractivity contribution in [2.75, 3.05) is 33.8 Å². The van der Waals surface area contributed by atoms with Crippen molar-refractivity contribution in [1.29, 1.82) is 0 Å². The number of methoxy groups -OCH3 is 1. The average Bonchev–Trinajstić information content (AvgIpc) is 2.50. The Balaban J connectivity index is 1.91. The van der Waals surface area contributed by atoms with Gasteiger partial charge in [0.15, 0.2) is 11.5 Å². The van der Waals surface area contributed by atoms with E-state index in [-0.39, 0.29) is 5.75 Å². The second kappa shape index (κ2) is 8.29. The van der Waals surface area contributed by atoms with Crippen molar-refractivity contribution in [2.45, 2.75) is 26.0 Å². The molecule has 4 nitrogen and oxygen atoms in total. The zero-order valence-electron chi connectivity index (χ0n) is 13.1. The van der Waals surface area contributed by atoms with Crippen LogP contribution in [0.15, 0.2) is 18.2 Å². The van der Waals surface area contributed by atoms with Gasteiger partial charge in [-0.15, -0.1) is 0 Å². The SMILES string of the molecule is COc1cccc(CNCC2CCN(C)CC2)c1OC(F)F. The van der Waals surface area contributed by atoms with Gasteiger partial charge >= 0.3 is 6.61 Å². The number of rotatable bonds is 7. The Morgan fingerprint density at radius 2 is 2.05 bits per heavy atom. The molecule has 0 amide bonds. The molecule has 0 bridgehead atoms. The maximum Gasteiger partial charge on any atom is 0.387 e.